The van der Waals surface area contributed by atoms with Gasteiger partial charge in [0.25, 0.3) is 0 Å². The highest BCUT2D eigenvalue weighted by Gasteiger charge is 2.22. The predicted molar refractivity (Wildman–Crippen MR) is 97.8 cm³/mol. The molecule has 0 unspecified atom stereocenters. The summed E-state index contributed by atoms with van der Waals surface area (Å²) in [6.07, 6.45) is 5.37. The van der Waals surface area contributed by atoms with Gasteiger partial charge in [0.2, 0.25) is 0 Å². The standard InChI is InChI=1S/C18H20N4S/c23-18(20-15-5-6-15)21-16-7-8-17(19-11-16)22-10-9-13-3-1-2-4-14(13)12-22/h1-4,7-8,11,15H,5-6,9-10,12H2,(H2,20,21,23). The number of benzene rings is 1. The molecule has 4 nitrogen and oxygen atoms in total. The number of hydrogen-bond donors (Lipinski definition) is 2. The van der Waals surface area contributed by atoms with Crippen LogP contribution >= 0.6 is 12.2 Å². The Kier molecular flexibility index (Phi) is 3.87. The molecule has 23 heavy (non-hydrogen) atoms. The molecule has 1 aliphatic heterocycles. The predicted octanol–water partition coefficient (Wildman–Crippen LogP) is 3.09. The van der Waals surface area contributed by atoms with Crippen LogP contribution in [-0.2, 0) is 13.0 Å². The first kappa shape index (κ1) is 14.5. The molecule has 0 radical (unpaired) electrons. The van der Waals surface area contributed by atoms with E-state index >= 15 is 0 Å². The topological polar surface area (TPSA) is 40.2 Å². The molecular formula is C18H20N4S. The van der Waals surface area contributed by atoms with Crippen LogP contribution < -0.4 is 15.5 Å². The van der Waals surface area contributed by atoms with E-state index in [1.165, 1.54) is 24.0 Å². The lowest BCUT2D eigenvalue weighted by Crippen LogP contribution is -2.31. The zero-order chi connectivity index (χ0) is 15.6. The zero-order valence-electron chi connectivity index (χ0n) is 13.0. The Morgan fingerprint density at radius 3 is 2.70 bits per heavy atom. The summed E-state index contributed by atoms with van der Waals surface area (Å²) in [4.78, 5) is 6.93. The Balaban J connectivity index is 1.41. The second-order valence-corrected chi connectivity index (χ2v) is 6.63. The van der Waals surface area contributed by atoms with Gasteiger partial charge in [-0.05, 0) is 54.7 Å². The van der Waals surface area contributed by atoms with Gasteiger partial charge in [0, 0.05) is 19.1 Å². The smallest absolute Gasteiger partial charge is 0.171 e. The average Bonchev–Trinajstić information content (AvgIpc) is 3.39. The molecule has 1 fully saturated rings. The molecular weight excluding hydrogens is 304 g/mol. The molecule has 0 spiro atoms. The molecule has 5 heteroatoms. The summed E-state index contributed by atoms with van der Waals surface area (Å²) in [5.41, 5.74) is 3.79. The lowest BCUT2D eigenvalue weighted by molar-refractivity contribution is 0.721. The number of thiocarbonyl (C=S) groups is 1. The summed E-state index contributed by atoms with van der Waals surface area (Å²) in [5.74, 6) is 1.02. The summed E-state index contributed by atoms with van der Waals surface area (Å²) in [6.45, 7) is 1.94. The van der Waals surface area contributed by atoms with Crippen molar-refractivity contribution < 1.29 is 0 Å². The van der Waals surface area contributed by atoms with Gasteiger partial charge in [0.15, 0.2) is 5.11 Å². The van der Waals surface area contributed by atoms with Crippen molar-refractivity contribution in [2.24, 2.45) is 0 Å². The fraction of sp³-hybridized carbons (Fsp3) is 0.333. The van der Waals surface area contributed by atoms with E-state index in [0.717, 1.165) is 31.0 Å². The van der Waals surface area contributed by atoms with Crippen LogP contribution in [0.25, 0.3) is 0 Å². The van der Waals surface area contributed by atoms with E-state index in [2.05, 4.69) is 50.8 Å². The van der Waals surface area contributed by atoms with Crippen LogP contribution in [0.15, 0.2) is 42.6 Å². The van der Waals surface area contributed by atoms with Crippen molar-refractivity contribution in [3.8, 4) is 0 Å². The number of nitrogens with one attached hydrogen (secondary N) is 2. The van der Waals surface area contributed by atoms with E-state index in [1.54, 1.807) is 0 Å². The quantitative estimate of drug-likeness (QED) is 0.849. The fourth-order valence-corrected chi connectivity index (χ4v) is 3.20. The SMILES string of the molecule is S=C(Nc1ccc(N2CCc3ccccc3C2)nc1)NC1CC1. The van der Waals surface area contributed by atoms with E-state index in [0.29, 0.717) is 11.2 Å². The van der Waals surface area contributed by atoms with Gasteiger partial charge in [0.1, 0.15) is 5.82 Å². The molecule has 0 bridgehead atoms. The maximum absolute atomic E-state index is 5.29. The Bertz CT molecular complexity index is 709. The molecule has 1 saturated carbocycles. The van der Waals surface area contributed by atoms with Crippen molar-refractivity contribution in [3.63, 3.8) is 0 Å². The maximum Gasteiger partial charge on any atom is 0.171 e. The van der Waals surface area contributed by atoms with E-state index in [-0.39, 0.29) is 0 Å². The van der Waals surface area contributed by atoms with Crippen molar-refractivity contribution in [2.45, 2.75) is 31.8 Å². The number of anilines is 2. The molecule has 118 valence electrons. The number of rotatable bonds is 3. The third-order valence-corrected chi connectivity index (χ3v) is 4.59. The van der Waals surface area contributed by atoms with Crippen LogP contribution in [0.5, 0.6) is 0 Å². The van der Waals surface area contributed by atoms with E-state index in [1.807, 2.05) is 12.3 Å². The van der Waals surface area contributed by atoms with Crippen LogP contribution in [0, 0.1) is 0 Å². The van der Waals surface area contributed by atoms with Crippen molar-refractivity contribution in [1.82, 2.24) is 10.3 Å². The second kappa shape index (κ2) is 6.16. The fourth-order valence-electron chi connectivity index (χ4n) is 2.92. The lowest BCUT2D eigenvalue weighted by atomic mass is 10.00. The number of nitrogens with zero attached hydrogens (tertiary/aromatic N) is 2. The highest BCUT2D eigenvalue weighted by Crippen LogP contribution is 2.24. The normalized spacial score (nSPS) is 16.6. The first-order valence-electron chi connectivity index (χ1n) is 8.13. The van der Waals surface area contributed by atoms with E-state index in [4.69, 9.17) is 12.2 Å². The minimum Gasteiger partial charge on any atom is -0.360 e. The zero-order valence-corrected chi connectivity index (χ0v) is 13.8. The Labute approximate surface area is 141 Å². The van der Waals surface area contributed by atoms with Crippen LogP contribution in [0.3, 0.4) is 0 Å². The van der Waals surface area contributed by atoms with Crippen LogP contribution in [-0.4, -0.2) is 22.7 Å². The summed E-state index contributed by atoms with van der Waals surface area (Å²) >= 11 is 5.29. The highest BCUT2D eigenvalue weighted by molar-refractivity contribution is 7.80. The molecule has 0 amide bonds. The minimum absolute atomic E-state index is 0.565. The van der Waals surface area contributed by atoms with E-state index in [9.17, 15) is 0 Å². The summed E-state index contributed by atoms with van der Waals surface area (Å²) in [5, 5.41) is 7.16. The third kappa shape index (κ3) is 3.45. The van der Waals surface area contributed by atoms with Crippen LogP contribution in [0.2, 0.25) is 0 Å². The number of pyridine rings is 1. The Hall–Kier alpha value is -2.14. The monoisotopic (exact) mass is 324 g/mol. The van der Waals surface area contributed by atoms with Gasteiger partial charge in [-0.3, -0.25) is 0 Å². The summed E-state index contributed by atoms with van der Waals surface area (Å²) < 4.78 is 0. The molecule has 2 aromatic rings. The third-order valence-electron chi connectivity index (χ3n) is 4.37. The minimum atomic E-state index is 0.565. The molecule has 1 aromatic carbocycles. The average molecular weight is 324 g/mol. The second-order valence-electron chi connectivity index (χ2n) is 6.22. The Morgan fingerprint density at radius 1 is 1.13 bits per heavy atom. The van der Waals surface area contributed by atoms with Crippen LogP contribution in [0.1, 0.15) is 24.0 Å². The van der Waals surface area contributed by atoms with Crippen molar-refractivity contribution in [3.05, 3.63) is 53.7 Å². The van der Waals surface area contributed by atoms with Gasteiger partial charge in [-0.25, -0.2) is 4.98 Å². The van der Waals surface area contributed by atoms with Gasteiger partial charge < -0.3 is 15.5 Å². The molecule has 2 heterocycles. The van der Waals surface area contributed by atoms with Gasteiger partial charge in [-0.1, -0.05) is 24.3 Å². The first-order chi connectivity index (χ1) is 11.3. The van der Waals surface area contributed by atoms with Gasteiger partial charge in [-0.15, -0.1) is 0 Å². The number of aromatic nitrogens is 1. The highest BCUT2D eigenvalue weighted by atomic mass is 32.1. The van der Waals surface area contributed by atoms with Crippen LogP contribution in [0.4, 0.5) is 11.5 Å². The van der Waals surface area contributed by atoms with Crippen molar-refractivity contribution in [1.29, 1.82) is 0 Å². The van der Waals surface area contributed by atoms with Gasteiger partial charge >= 0.3 is 0 Å². The van der Waals surface area contributed by atoms with Gasteiger partial charge in [0.05, 0.1) is 11.9 Å². The maximum atomic E-state index is 5.29. The molecule has 1 aromatic heterocycles. The Morgan fingerprint density at radius 2 is 1.96 bits per heavy atom. The number of hydrogen-bond acceptors (Lipinski definition) is 3. The molecule has 4 rings (SSSR count). The molecule has 0 atom stereocenters. The number of fused-ring (bicyclic) bond motifs is 1. The molecule has 0 saturated heterocycles. The summed E-state index contributed by atoms with van der Waals surface area (Å²) in [6, 6.07) is 13.3. The lowest BCUT2D eigenvalue weighted by Gasteiger charge is -2.29. The largest absolute Gasteiger partial charge is 0.360 e. The van der Waals surface area contributed by atoms with Crippen molar-refractivity contribution in [2.75, 3.05) is 16.8 Å². The molecule has 1 aliphatic carbocycles. The summed E-state index contributed by atoms with van der Waals surface area (Å²) in [7, 11) is 0. The molecule has 2 aliphatic rings. The first-order valence-corrected chi connectivity index (χ1v) is 8.54. The van der Waals surface area contributed by atoms with Gasteiger partial charge in [-0.2, -0.15) is 0 Å². The van der Waals surface area contributed by atoms with Crippen molar-refractivity contribution >= 4 is 28.8 Å². The molecule has 2 N–H and O–H groups in total. The van der Waals surface area contributed by atoms with E-state index < -0.39 is 0 Å².